The van der Waals surface area contributed by atoms with Crippen molar-refractivity contribution in [2.45, 2.75) is 39.5 Å². The third-order valence-corrected chi connectivity index (χ3v) is 4.32. The lowest BCUT2D eigenvalue weighted by Gasteiger charge is -2.41. The van der Waals surface area contributed by atoms with E-state index in [-0.39, 0.29) is 6.61 Å². The number of aliphatic hydroxyl groups is 1. The van der Waals surface area contributed by atoms with Crippen LogP contribution in [0.2, 0.25) is 0 Å². The van der Waals surface area contributed by atoms with Crippen molar-refractivity contribution in [3.05, 3.63) is 35.5 Å². The van der Waals surface area contributed by atoms with Crippen LogP contribution in [0.5, 0.6) is 0 Å². The van der Waals surface area contributed by atoms with Gasteiger partial charge in [0.15, 0.2) is 0 Å². The largest absolute Gasteiger partial charge is 0.392 e. The molecular weight excluding hydrogens is 196 g/mol. The number of allylic oxidation sites excluding steroid dienone is 4. The Balaban J connectivity index is 2.32. The van der Waals surface area contributed by atoms with Gasteiger partial charge in [-0.3, -0.25) is 0 Å². The molecule has 0 radical (unpaired) electrons. The Kier molecular flexibility index (Phi) is 3.07. The molecule has 0 spiro atoms. The summed E-state index contributed by atoms with van der Waals surface area (Å²) < 4.78 is 0. The molecule has 2 rings (SSSR count). The van der Waals surface area contributed by atoms with Crippen LogP contribution in [0.25, 0.3) is 0 Å². The average Bonchev–Trinajstić information content (AvgIpc) is 2.27. The lowest BCUT2D eigenvalue weighted by molar-refractivity contribution is 0.274. The number of rotatable bonds is 2. The van der Waals surface area contributed by atoms with Crippen molar-refractivity contribution >= 4 is 0 Å². The van der Waals surface area contributed by atoms with Gasteiger partial charge in [-0.25, -0.2) is 0 Å². The Hall–Kier alpha value is -0.820. The van der Waals surface area contributed by atoms with E-state index >= 15 is 0 Å². The third kappa shape index (κ3) is 1.89. The SMILES string of the molecule is C=C(CO)C1C=C2C(C)=CCCC2(C)CC1. The topological polar surface area (TPSA) is 20.2 Å². The molecule has 0 saturated carbocycles. The zero-order chi connectivity index (χ0) is 11.8. The van der Waals surface area contributed by atoms with Gasteiger partial charge in [-0.15, -0.1) is 0 Å². The fraction of sp³-hybridized carbons (Fsp3) is 0.600. The van der Waals surface area contributed by atoms with E-state index in [1.807, 2.05) is 0 Å². The van der Waals surface area contributed by atoms with Crippen LogP contribution in [0.3, 0.4) is 0 Å². The van der Waals surface area contributed by atoms with E-state index in [1.54, 1.807) is 0 Å². The Labute approximate surface area is 98.6 Å². The molecule has 88 valence electrons. The molecule has 0 amide bonds. The standard InChI is InChI=1S/C15H22O/c1-11-5-4-7-15(3)8-6-13(9-14(11)15)12(2)10-16/h5,9,13,16H,2,4,6-8,10H2,1,3H3. The maximum Gasteiger partial charge on any atom is 0.0644 e. The summed E-state index contributed by atoms with van der Waals surface area (Å²) in [6, 6.07) is 0. The minimum atomic E-state index is 0.119. The van der Waals surface area contributed by atoms with E-state index in [4.69, 9.17) is 5.11 Å². The predicted molar refractivity (Wildman–Crippen MR) is 68.1 cm³/mol. The molecule has 0 saturated heterocycles. The van der Waals surface area contributed by atoms with Gasteiger partial charge in [-0.2, -0.15) is 0 Å². The first kappa shape index (κ1) is 11.7. The van der Waals surface area contributed by atoms with Gasteiger partial charge in [0, 0.05) is 5.92 Å². The van der Waals surface area contributed by atoms with E-state index in [0.29, 0.717) is 11.3 Å². The minimum Gasteiger partial charge on any atom is -0.392 e. The second kappa shape index (κ2) is 4.21. The third-order valence-electron chi connectivity index (χ3n) is 4.32. The highest BCUT2D eigenvalue weighted by Gasteiger charge is 2.36. The molecule has 2 atom stereocenters. The van der Waals surface area contributed by atoms with Crippen molar-refractivity contribution < 1.29 is 5.11 Å². The Morgan fingerprint density at radius 3 is 3.00 bits per heavy atom. The van der Waals surface area contributed by atoms with Crippen LogP contribution in [-0.4, -0.2) is 11.7 Å². The lowest BCUT2D eigenvalue weighted by atomic mass is 9.63. The van der Waals surface area contributed by atoms with E-state index in [9.17, 15) is 0 Å². The van der Waals surface area contributed by atoms with Crippen LogP contribution >= 0.6 is 0 Å². The molecule has 2 aliphatic carbocycles. The second-order valence-corrected chi connectivity index (χ2v) is 5.53. The molecule has 0 bridgehead atoms. The zero-order valence-electron chi connectivity index (χ0n) is 10.4. The van der Waals surface area contributed by atoms with E-state index in [2.05, 4.69) is 32.6 Å². The first-order valence-electron chi connectivity index (χ1n) is 6.25. The lowest BCUT2D eigenvalue weighted by Crippen LogP contribution is -2.28. The van der Waals surface area contributed by atoms with Crippen LogP contribution in [-0.2, 0) is 0 Å². The van der Waals surface area contributed by atoms with Gasteiger partial charge < -0.3 is 5.11 Å². The van der Waals surface area contributed by atoms with Crippen LogP contribution in [0, 0.1) is 11.3 Å². The van der Waals surface area contributed by atoms with Gasteiger partial charge in [-0.05, 0) is 49.2 Å². The predicted octanol–water partition coefficient (Wildman–Crippen LogP) is 3.62. The zero-order valence-corrected chi connectivity index (χ0v) is 10.4. The summed E-state index contributed by atoms with van der Waals surface area (Å²) in [5.74, 6) is 0.384. The van der Waals surface area contributed by atoms with E-state index in [0.717, 1.165) is 12.0 Å². The fourth-order valence-corrected chi connectivity index (χ4v) is 3.12. The summed E-state index contributed by atoms with van der Waals surface area (Å²) in [6.07, 6.45) is 9.56. The van der Waals surface area contributed by atoms with Gasteiger partial charge in [0.25, 0.3) is 0 Å². The molecule has 16 heavy (non-hydrogen) atoms. The highest BCUT2D eigenvalue weighted by molar-refractivity contribution is 5.40. The molecule has 0 aromatic heterocycles. The molecular formula is C15H22O. The Morgan fingerprint density at radius 1 is 1.56 bits per heavy atom. The minimum absolute atomic E-state index is 0.119. The fourth-order valence-electron chi connectivity index (χ4n) is 3.12. The van der Waals surface area contributed by atoms with Gasteiger partial charge in [0.2, 0.25) is 0 Å². The van der Waals surface area contributed by atoms with Gasteiger partial charge in [-0.1, -0.05) is 31.2 Å². The summed E-state index contributed by atoms with van der Waals surface area (Å²) >= 11 is 0. The van der Waals surface area contributed by atoms with Crippen LogP contribution in [0.4, 0.5) is 0 Å². The monoisotopic (exact) mass is 218 g/mol. The number of hydrogen-bond acceptors (Lipinski definition) is 1. The first-order valence-corrected chi connectivity index (χ1v) is 6.25. The molecule has 2 aliphatic rings. The quantitative estimate of drug-likeness (QED) is 0.702. The average molecular weight is 218 g/mol. The van der Waals surface area contributed by atoms with Crippen molar-refractivity contribution in [2.24, 2.45) is 11.3 Å². The summed E-state index contributed by atoms with van der Waals surface area (Å²) in [5.41, 5.74) is 4.28. The summed E-state index contributed by atoms with van der Waals surface area (Å²) in [5, 5.41) is 9.17. The molecule has 1 nitrogen and oxygen atoms in total. The molecule has 0 aromatic carbocycles. The first-order chi connectivity index (χ1) is 7.57. The molecule has 1 heteroatoms. The highest BCUT2D eigenvalue weighted by atomic mass is 16.3. The molecule has 0 aromatic rings. The van der Waals surface area contributed by atoms with Crippen LogP contribution in [0.15, 0.2) is 35.5 Å². The van der Waals surface area contributed by atoms with Crippen LogP contribution < -0.4 is 0 Å². The highest BCUT2D eigenvalue weighted by Crippen LogP contribution is 2.49. The van der Waals surface area contributed by atoms with Crippen molar-refractivity contribution in [2.75, 3.05) is 6.61 Å². The number of hydrogen-bond donors (Lipinski definition) is 1. The van der Waals surface area contributed by atoms with Crippen molar-refractivity contribution in [1.82, 2.24) is 0 Å². The molecule has 0 aliphatic heterocycles. The Bertz CT molecular complexity index is 362. The van der Waals surface area contributed by atoms with Crippen molar-refractivity contribution in [3.63, 3.8) is 0 Å². The normalized spacial score (nSPS) is 33.8. The molecule has 0 heterocycles. The smallest absolute Gasteiger partial charge is 0.0644 e. The maximum absolute atomic E-state index is 9.17. The van der Waals surface area contributed by atoms with Crippen molar-refractivity contribution in [1.29, 1.82) is 0 Å². The summed E-state index contributed by atoms with van der Waals surface area (Å²) in [4.78, 5) is 0. The Morgan fingerprint density at radius 2 is 2.31 bits per heavy atom. The molecule has 2 unspecified atom stereocenters. The molecule has 1 N–H and O–H groups in total. The van der Waals surface area contributed by atoms with Crippen molar-refractivity contribution in [3.8, 4) is 0 Å². The number of aliphatic hydroxyl groups excluding tert-OH is 1. The van der Waals surface area contributed by atoms with Gasteiger partial charge >= 0.3 is 0 Å². The number of fused-ring (bicyclic) bond motifs is 1. The second-order valence-electron chi connectivity index (χ2n) is 5.53. The van der Waals surface area contributed by atoms with E-state index in [1.165, 1.54) is 30.4 Å². The van der Waals surface area contributed by atoms with Crippen LogP contribution in [0.1, 0.15) is 39.5 Å². The van der Waals surface area contributed by atoms with E-state index < -0.39 is 0 Å². The van der Waals surface area contributed by atoms with Gasteiger partial charge in [0.1, 0.15) is 0 Å². The molecule has 0 fully saturated rings. The van der Waals surface area contributed by atoms with Gasteiger partial charge in [0.05, 0.1) is 6.61 Å². The maximum atomic E-state index is 9.17. The summed E-state index contributed by atoms with van der Waals surface area (Å²) in [6.45, 7) is 8.68. The summed E-state index contributed by atoms with van der Waals surface area (Å²) in [7, 11) is 0.